The number of methoxy groups -OCH3 is 2. The molecule has 0 amide bonds. The van der Waals surface area contributed by atoms with Crippen LogP contribution in [0.3, 0.4) is 0 Å². The molecule has 7 nitrogen and oxygen atoms in total. The molecule has 0 radical (unpaired) electrons. The van der Waals surface area contributed by atoms with Crippen LogP contribution in [-0.2, 0) is 35.5 Å². The third-order valence-electron chi connectivity index (χ3n) is 4.38. The summed E-state index contributed by atoms with van der Waals surface area (Å²) >= 11 is 0. The molecule has 1 aromatic heterocycles. The van der Waals surface area contributed by atoms with Crippen molar-refractivity contribution in [2.45, 2.75) is 11.3 Å². The first-order valence-corrected chi connectivity index (χ1v) is 10.1. The van der Waals surface area contributed by atoms with E-state index in [0.29, 0.717) is 16.5 Å². The summed E-state index contributed by atoms with van der Waals surface area (Å²) in [6.45, 7) is 0. The van der Waals surface area contributed by atoms with Gasteiger partial charge in [-0.1, -0.05) is 36.4 Å². The lowest BCUT2D eigenvalue weighted by atomic mass is 10.1. The summed E-state index contributed by atoms with van der Waals surface area (Å²) in [7, 11) is -1.53. The Morgan fingerprint density at radius 3 is 2.28 bits per heavy atom. The summed E-state index contributed by atoms with van der Waals surface area (Å²) in [6.07, 6.45) is 2.30. The van der Waals surface area contributed by atoms with Crippen LogP contribution in [0.4, 0.5) is 0 Å². The highest BCUT2D eigenvalue weighted by molar-refractivity contribution is 7.90. The Labute approximate surface area is 168 Å². The second kappa shape index (κ2) is 8.32. The van der Waals surface area contributed by atoms with Gasteiger partial charge in [0.2, 0.25) is 0 Å². The summed E-state index contributed by atoms with van der Waals surface area (Å²) < 4.78 is 37.4. The lowest BCUT2D eigenvalue weighted by molar-refractivity contribution is -0.139. The fourth-order valence-electron chi connectivity index (χ4n) is 3.04. The molecule has 0 unspecified atom stereocenters. The van der Waals surface area contributed by atoms with Crippen molar-refractivity contribution >= 4 is 38.9 Å². The Morgan fingerprint density at radius 1 is 0.966 bits per heavy atom. The van der Waals surface area contributed by atoms with Crippen LogP contribution >= 0.6 is 0 Å². The van der Waals surface area contributed by atoms with Crippen molar-refractivity contribution < 1.29 is 27.5 Å². The number of rotatable bonds is 6. The zero-order valence-corrected chi connectivity index (χ0v) is 16.7. The molecule has 0 aliphatic rings. The van der Waals surface area contributed by atoms with E-state index in [1.807, 2.05) is 0 Å². The molecule has 0 fully saturated rings. The van der Waals surface area contributed by atoms with E-state index in [4.69, 9.17) is 4.74 Å². The number of carbonyl (C=O) groups excluding carboxylic acids is 2. The predicted octanol–water partition coefficient (Wildman–Crippen LogP) is 2.78. The van der Waals surface area contributed by atoms with E-state index in [1.54, 1.807) is 42.5 Å². The van der Waals surface area contributed by atoms with Crippen LogP contribution < -0.4 is 0 Å². The van der Waals surface area contributed by atoms with Gasteiger partial charge >= 0.3 is 11.9 Å². The first-order chi connectivity index (χ1) is 13.9. The average Bonchev–Trinajstić information content (AvgIpc) is 3.06. The van der Waals surface area contributed by atoms with Gasteiger partial charge in [0.1, 0.15) is 0 Å². The van der Waals surface area contributed by atoms with Gasteiger partial charge in [0.25, 0.3) is 10.0 Å². The molecule has 3 aromatic rings. The number of ether oxygens (including phenoxy) is 2. The number of benzene rings is 2. The molecule has 0 atom stereocenters. The molecule has 0 saturated heterocycles. The van der Waals surface area contributed by atoms with Crippen molar-refractivity contribution in [2.24, 2.45) is 0 Å². The predicted molar refractivity (Wildman–Crippen MR) is 108 cm³/mol. The maximum Gasteiger partial charge on any atom is 0.330 e. The summed E-state index contributed by atoms with van der Waals surface area (Å²) in [6, 6.07) is 14.7. The molecular weight excluding hydrogens is 394 g/mol. The van der Waals surface area contributed by atoms with E-state index in [0.717, 1.165) is 10.0 Å². The summed E-state index contributed by atoms with van der Waals surface area (Å²) in [5, 5.41) is 0.571. The van der Waals surface area contributed by atoms with Gasteiger partial charge < -0.3 is 9.47 Å². The summed E-state index contributed by atoms with van der Waals surface area (Å²) in [5.41, 5.74) is 1.01. The van der Waals surface area contributed by atoms with E-state index in [2.05, 4.69) is 4.74 Å². The van der Waals surface area contributed by atoms with Gasteiger partial charge in [0.05, 0.1) is 36.7 Å². The molecule has 0 spiro atoms. The molecule has 0 aliphatic carbocycles. The van der Waals surface area contributed by atoms with Gasteiger partial charge in [-0.05, 0) is 29.8 Å². The molecule has 0 N–H and O–H groups in total. The highest BCUT2D eigenvalue weighted by Gasteiger charge is 2.26. The van der Waals surface area contributed by atoms with Crippen LogP contribution in [0.2, 0.25) is 0 Å². The number of fused-ring (bicyclic) bond motifs is 1. The minimum Gasteiger partial charge on any atom is -0.469 e. The topological polar surface area (TPSA) is 91.7 Å². The Bertz CT molecular complexity index is 1190. The molecule has 8 heteroatoms. The molecule has 0 bridgehead atoms. The monoisotopic (exact) mass is 413 g/mol. The minimum absolute atomic E-state index is 0.0816. The number of hydrogen-bond donors (Lipinski definition) is 0. The molecule has 0 saturated carbocycles. The minimum atomic E-state index is -4.01. The van der Waals surface area contributed by atoms with Gasteiger partial charge in [-0.3, -0.25) is 4.79 Å². The van der Waals surface area contributed by atoms with Crippen LogP contribution in [0.1, 0.15) is 11.3 Å². The summed E-state index contributed by atoms with van der Waals surface area (Å²) in [5.74, 6) is -1.18. The highest BCUT2D eigenvalue weighted by atomic mass is 32.2. The molecule has 29 heavy (non-hydrogen) atoms. The number of esters is 2. The lowest BCUT2D eigenvalue weighted by Crippen LogP contribution is -2.15. The summed E-state index contributed by atoms with van der Waals surface area (Å²) in [4.78, 5) is 23.7. The van der Waals surface area contributed by atoms with Gasteiger partial charge in [0, 0.05) is 11.5 Å². The molecular formula is C21H19NO6S. The Hall–Kier alpha value is -3.39. The largest absolute Gasteiger partial charge is 0.469 e. The quantitative estimate of drug-likeness (QED) is 0.456. The second-order valence-corrected chi connectivity index (χ2v) is 7.86. The molecule has 0 aliphatic heterocycles. The number of carbonyl (C=O) groups is 2. The van der Waals surface area contributed by atoms with E-state index in [9.17, 15) is 18.0 Å². The van der Waals surface area contributed by atoms with Gasteiger partial charge in [-0.25, -0.2) is 17.2 Å². The maximum atomic E-state index is 13.4. The third kappa shape index (κ3) is 3.93. The van der Waals surface area contributed by atoms with Crippen LogP contribution in [0.5, 0.6) is 0 Å². The van der Waals surface area contributed by atoms with E-state index in [1.165, 1.54) is 32.4 Å². The smallest absolute Gasteiger partial charge is 0.330 e. The first-order valence-electron chi connectivity index (χ1n) is 8.66. The van der Waals surface area contributed by atoms with E-state index >= 15 is 0 Å². The highest BCUT2D eigenvalue weighted by Crippen LogP contribution is 2.32. The zero-order valence-electron chi connectivity index (χ0n) is 15.9. The average molecular weight is 413 g/mol. The first kappa shape index (κ1) is 20.3. The Kier molecular flexibility index (Phi) is 5.84. The van der Waals surface area contributed by atoms with Crippen molar-refractivity contribution in [1.82, 2.24) is 3.97 Å². The normalized spacial score (nSPS) is 11.7. The van der Waals surface area contributed by atoms with Crippen LogP contribution in [0, 0.1) is 0 Å². The number of para-hydroxylation sites is 1. The Morgan fingerprint density at radius 2 is 1.62 bits per heavy atom. The van der Waals surface area contributed by atoms with E-state index in [-0.39, 0.29) is 17.0 Å². The fourth-order valence-corrected chi connectivity index (χ4v) is 4.60. The van der Waals surface area contributed by atoms with Crippen molar-refractivity contribution in [1.29, 1.82) is 0 Å². The third-order valence-corrected chi connectivity index (χ3v) is 6.13. The Balaban J connectivity index is 2.37. The number of hydrogen-bond acceptors (Lipinski definition) is 6. The van der Waals surface area contributed by atoms with Crippen molar-refractivity contribution in [3.05, 3.63) is 71.9 Å². The van der Waals surface area contributed by atoms with Gasteiger partial charge in [0.15, 0.2) is 0 Å². The molecule has 3 rings (SSSR count). The van der Waals surface area contributed by atoms with Crippen molar-refractivity contribution in [3.63, 3.8) is 0 Å². The van der Waals surface area contributed by atoms with Crippen LogP contribution in [0.15, 0.2) is 65.6 Å². The van der Waals surface area contributed by atoms with E-state index < -0.39 is 22.0 Å². The fraction of sp³-hybridized carbons (Fsp3) is 0.143. The number of nitrogens with zero attached hydrogens (tertiary/aromatic N) is 1. The molecule has 2 aromatic carbocycles. The molecule has 1 heterocycles. The van der Waals surface area contributed by atoms with Crippen LogP contribution in [-0.4, -0.2) is 38.5 Å². The van der Waals surface area contributed by atoms with Crippen molar-refractivity contribution in [3.8, 4) is 0 Å². The number of aromatic nitrogens is 1. The van der Waals surface area contributed by atoms with Gasteiger partial charge in [-0.15, -0.1) is 0 Å². The van der Waals surface area contributed by atoms with Crippen molar-refractivity contribution in [2.75, 3.05) is 14.2 Å². The van der Waals surface area contributed by atoms with Crippen LogP contribution in [0.25, 0.3) is 17.0 Å². The zero-order chi connectivity index (χ0) is 21.0. The second-order valence-electron chi connectivity index (χ2n) is 6.07. The molecule has 150 valence electrons. The van der Waals surface area contributed by atoms with Gasteiger partial charge in [-0.2, -0.15) is 0 Å². The lowest BCUT2D eigenvalue weighted by Gasteiger charge is -2.11. The maximum absolute atomic E-state index is 13.4. The standard InChI is InChI=1S/C21H19NO6S/c1-27-20(23)13-12-19-17(14-21(24)28-2)16-10-6-7-11-18(16)22(19)29(25,26)15-8-4-3-5-9-15/h3-13H,14H2,1-2H3/b13-12+. The SMILES string of the molecule is COC(=O)/C=C/c1c(CC(=O)OC)c2ccccc2n1S(=O)(=O)c1ccccc1.